The number of carboxylic acids is 1. The molecule has 3 aromatic rings. The summed E-state index contributed by atoms with van der Waals surface area (Å²) in [6.07, 6.45) is 0.0402. The van der Waals surface area contributed by atoms with Gasteiger partial charge in [-0.1, -0.05) is 11.6 Å². The smallest absolute Gasteiger partial charge is 0.335 e. The topological polar surface area (TPSA) is 153 Å². The molecule has 11 heteroatoms. The van der Waals surface area contributed by atoms with Gasteiger partial charge in [-0.05, 0) is 40.6 Å². The molecule has 3 rings (SSSR count). The number of carbonyl (C=O) groups excluding carboxylic acids is 1. The number of rotatable bonds is 7. The third-order valence-corrected chi connectivity index (χ3v) is 6.27. The van der Waals surface area contributed by atoms with E-state index in [-0.39, 0.29) is 51.3 Å². The predicted molar refractivity (Wildman–Crippen MR) is 124 cm³/mol. The minimum Gasteiger partial charge on any atom is -0.478 e. The van der Waals surface area contributed by atoms with E-state index in [9.17, 15) is 20.1 Å². The number of thioether (sulfide) groups is 1. The van der Waals surface area contributed by atoms with Crippen molar-refractivity contribution >= 4 is 58.1 Å². The van der Waals surface area contributed by atoms with Gasteiger partial charge in [0.15, 0.2) is 0 Å². The predicted octanol–water partition coefficient (Wildman–Crippen LogP) is 4.61. The number of carbonyl (C=O) groups is 2. The number of amides is 1. The number of nitriles is 2. The van der Waals surface area contributed by atoms with Gasteiger partial charge in [0, 0.05) is 17.7 Å². The van der Waals surface area contributed by atoms with Crippen LogP contribution in [0.2, 0.25) is 5.02 Å². The molecule has 0 aliphatic carbocycles. The van der Waals surface area contributed by atoms with Crippen LogP contribution in [0.5, 0.6) is 0 Å². The van der Waals surface area contributed by atoms with E-state index in [1.165, 1.54) is 29.5 Å². The van der Waals surface area contributed by atoms with Crippen molar-refractivity contribution in [2.75, 3.05) is 16.8 Å². The zero-order chi connectivity index (χ0) is 23.3. The van der Waals surface area contributed by atoms with E-state index < -0.39 is 5.97 Å². The van der Waals surface area contributed by atoms with Crippen LogP contribution >= 0.6 is 34.7 Å². The second-order valence-electron chi connectivity index (χ2n) is 6.31. The molecule has 0 saturated heterocycles. The molecule has 0 fully saturated rings. The number of nitrogen functional groups attached to an aromatic ring is 1. The molecule has 1 amide bonds. The van der Waals surface area contributed by atoms with Crippen LogP contribution in [0, 0.1) is 22.7 Å². The molecule has 0 unspecified atom stereocenters. The summed E-state index contributed by atoms with van der Waals surface area (Å²) >= 11 is 8.61. The van der Waals surface area contributed by atoms with Gasteiger partial charge in [0.25, 0.3) is 0 Å². The minimum absolute atomic E-state index is 0.00375. The number of hydrogen-bond donors (Lipinski definition) is 3. The normalized spacial score (nSPS) is 10.2. The number of thiophene rings is 1. The van der Waals surface area contributed by atoms with Crippen molar-refractivity contribution in [3.8, 4) is 23.3 Å². The van der Waals surface area contributed by atoms with E-state index in [4.69, 9.17) is 22.4 Å². The average Bonchev–Trinajstić information content (AvgIpc) is 3.29. The number of anilines is 2. The summed E-state index contributed by atoms with van der Waals surface area (Å²) in [7, 11) is 0. The molecule has 0 radical (unpaired) electrons. The largest absolute Gasteiger partial charge is 0.478 e. The van der Waals surface area contributed by atoms with Crippen LogP contribution in [0.25, 0.3) is 11.1 Å². The van der Waals surface area contributed by atoms with Gasteiger partial charge in [0.1, 0.15) is 28.5 Å². The van der Waals surface area contributed by atoms with E-state index in [2.05, 4.69) is 16.4 Å². The molecule has 0 saturated carbocycles. The lowest BCUT2D eigenvalue weighted by Gasteiger charge is -2.12. The Morgan fingerprint density at radius 2 is 2.00 bits per heavy atom. The molecular formula is C21H14ClN5O3S2. The number of nitrogens with two attached hydrogens (primary N) is 1. The molecule has 32 heavy (non-hydrogen) atoms. The molecule has 0 aliphatic rings. The van der Waals surface area contributed by atoms with Crippen molar-refractivity contribution in [2.24, 2.45) is 0 Å². The van der Waals surface area contributed by atoms with Crippen LogP contribution in [0.4, 0.5) is 11.5 Å². The summed E-state index contributed by atoms with van der Waals surface area (Å²) in [5, 5.41) is 35.1. The quantitative estimate of drug-likeness (QED) is 0.412. The minimum atomic E-state index is -1.14. The highest BCUT2D eigenvalue weighted by Gasteiger charge is 2.21. The summed E-state index contributed by atoms with van der Waals surface area (Å²) in [5.41, 5.74) is 7.62. The fraction of sp³-hybridized carbons (Fsp3) is 0.0952. The summed E-state index contributed by atoms with van der Waals surface area (Å²) in [5.74, 6) is -1.25. The van der Waals surface area contributed by atoms with Crippen molar-refractivity contribution in [3.05, 3.63) is 56.7 Å². The summed E-state index contributed by atoms with van der Waals surface area (Å²) < 4.78 is 0. The molecule has 0 aliphatic heterocycles. The van der Waals surface area contributed by atoms with Crippen molar-refractivity contribution in [1.29, 1.82) is 10.5 Å². The summed E-state index contributed by atoms with van der Waals surface area (Å²) in [4.78, 5) is 27.6. The van der Waals surface area contributed by atoms with Gasteiger partial charge in [-0.25, -0.2) is 9.78 Å². The zero-order valence-corrected chi connectivity index (χ0v) is 18.6. The number of aromatic carboxylic acids is 1. The van der Waals surface area contributed by atoms with Gasteiger partial charge in [-0.3, -0.25) is 4.79 Å². The molecule has 2 aromatic heterocycles. The second-order valence-corrected chi connectivity index (χ2v) is 8.58. The maximum absolute atomic E-state index is 12.3. The number of aromatic nitrogens is 1. The van der Waals surface area contributed by atoms with Crippen LogP contribution in [0.15, 0.2) is 40.1 Å². The SMILES string of the molecule is N#Cc1c(N)nc(SCCC(=O)Nc2cc(C(=O)O)ccc2Cl)c(C#N)c1-c1ccsc1. The van der Waals surface area contributed by atoms with E-state index >= 15 is 0 Å². The van der Waals surface area contributed by atoms with Gasteiger partial charge in [-0.15, -0.1) is 11.8 Å². The standard InChI is InChI=1S/C21H14ClN5O3S2/c22-15-2-1-11(21(29)30)7-16(15)26-17(28)4-6-32-20-14(9-24)18(12-3-5-31-10-12)13(8-23)19(25)27-20/h1-3,5,7,10H,4,6H2,(H2,25,27)(H,26,28)(H,29,30). The molecule has 4 N–H and O–H groups in total. The van der Waals surface area contributed by atoms with E-state index in [0.29, 0.717) is 16.2 Å². The molecular weight excluding hydrogens is 470 g/mol. The van der Waals surface area contributed by atoms with Crippen LogP contribution in [0.3, 0.4) is 0 Å². The first kappa shape index (κ1) is 23.1. The van der Waals surface area contributed by atoms with E-state index in [1.807, 2.05) is 16.8 Å². The van der Waals surface area contributed by atoms with E-state index in [1.54, 1.807) is 6.07 Å². The van der Waals surface area contributed by atoms with Crippen LogP contribution < -0.4 is 11.1 Å². The average molecular weight is 484 g/mol. The number of nitrogens with zero attached hydrogens (tertiary/aromatic N) is 3. The fourth-order valence-electron chi connectivity index (χ4n) is 2.81. The number of halogens is 1. The van der Waals surface area contributed by atoms with Crippen LogP contribution in [-0.4, -0.2) is 27.7 Å². The Hall–Kier alpha value is -3.57. The Kier molecular flexibility index (Phi) is 7.33. The number of hydrogen-bond acceptors (Lipinski definition) is 8. The van der Waals surface area contributed by atoms with Crippen LogP contribution in [-0.2, 0) is 4.79 Å². The highest BCUT2D eigenvalue weighted by molar-refractivity contribution is 7.99. The molecule has 1 aromatic carbocycles. The first-order valence-corrected chi connectivity index (χ1v) is 11.3. The Bertz CT molecular complexity index is 1280. The second kappa shape index (κ2) is 10.2. The molecule has 0 atom stereocenters. The van der Waals surface area contributed by atoms with Gasteiger partial charge in [0.2, 0.25) is 5.91 Å². The zero-order valence-electron chi connectivity index (χ0n) is 16.3. The summed E-state index contributed by atoms with van der Waals surface area (Å²) in [6.45, 7) is 0. The highest BCUT2D eigenvalue weighted by atomic mass is 35.5. The molecule has 160 valence electrons. The Balaban J connectivity index is 1.76. The third-order valence-electron chi connectivity index (χ3n) is 4.28. The van der Waals surface area contributed by atoms with Crippen LogP contribution in [0.1, 0.15) is 27.9 Å². The maximum atomic E-state index is 12.3. The van der Waals surface area contributed by atoms with Gasteiger partial charge in [-0.2, -0.15) is 21.9 Å². The summed E-state index contributed by atoms with van der Waals surface area (Å²) in [6, 6.07) is 9.91. The lowest BCUT2D eigenvalue weighted by Crippen LogP contribution is -2.13. The number of pyridine rings is 1. The lowest BCUT2D eigenvalue weighted by molar-refractivity contribution is -0.115. The van der Waals surface area contributed by atoms with Gasteiger partial charge < -0.3 is 16.2 Å². The third kappa shape index (κ3) is 5.01. The number of carboxylic acid groups (broad SMARTS) is 1. The monoisotopic (exact) mass is 483 g/mol. The molecule has 0 bridgehead atoms. The van der Waals surface area contributed by atoms with Crippen molar-refractivity contribution in [1.82, 2.24) is 4.98 Å². The number of nitrogens with one attached hydrogen (secondary N) is 1. The van der Waals surface area contributed by atoms with Gasteiger partial charge in [0.05, 0.1) is 21.8 Å². The highest BCUT2D eigenvalue weighted by Crippen LogP contribution is 2.36. The van der Waals surface area contributed by atoms with Crippen molar-refractivity contribution in [2.45, 2.75) is 11.4 Å². The van der Waals surface area contributed by atoms with Crippen molar-refractivity contribution < 1.29 is 14.7 Å². The Morgan fingerprint density at radius 1 is 1.25 bits per heavy atom. The maximum Gasteiger partial charge on any atom is 0.335 e. The number of benzene rings is 1. The Labute approximate surface area is 196 Å². The lowest BCUT2D eigenvalue weighted by atomic mass is 9.99. The van der Waals surface area contributed by atoms with Gasteiger partial charge >= 0.3 is 5.97 Å². The molecule has 0 spiro atoms. The Morgan fingerprint density at radius 3 is 2.62 bits per heavy atom. The van der Waals surface area contributed by atoms with Crippen molar-refractivity contribution in [3.63, 3.8) is 0 Å². The first-order chi connectivity index (χ1) is 15.3. The molecule has 2 heterocycles. The fourth-order valence-corrected chi connectivity index (χ4v) is 4.55. The first-order valence-electron chi connectivity index (χ1n) is 8.97. The van der Waals surface area contributed by atoms with E-state index in [0.717, 1.165) is 11.8 Å². The molecule has 8 nitrogen and oxygen atoms in total.